The first-order valence-corrected chi connectivity index (χ1v) is 5.79. The third-order valence-corrected chi connectivity index (χ3v) is 2.82. The number of methoxy groups -OCH3 is 1. The van der Waals surface area contributed by atoms with Gasteiger partial charge in [0.2, 0.25) is 5.89 Å². The molecular formula is C12H23N3O2. The molecule has 0 amide bonds. The molecule has 0 saturated heterocycles. The van der Waals surface area contributed by atoms with E-state index in [0.29, 0.717) is 18.1 Å². The molecule has 1 rings (SSSR count). The number of nitrogens with two attached hydrogens (primary N) is 1. The first-order chi connectivity index (χ1) is 7.65. The van der Waals surface area contributed by atoms with Crippen LogP contribution >= 0.6 is 0 Å². The quantitative estimate of drug-likeness (QED) is 0.873. The van der Waals surface area contributed by atoms with Gasteiger partial charge in [0.15, 0.2) is 5.82 Å². The van der Waals surface area contributed by atoms with E-state index in [1.807, 2.05) is 34.6 Å². The van der Waals surface area contributed by atoms with Gasteiger partial charge in [0, 0.05) is 7.11 Å². The summed E-state index contributed by atoms with van der Waals surface area (Å²) in [6.07, 6.45) is 0.577. The van der Waals surface area contributed by atoms with Crippen LogP contribution in [-0.2, 0) is 11.2 Å². The van der Waals surface area contributed by atoms with E-state index in [1.54, 1.807) is 7.11 Å². The van der Waals surface area contributed by atoms with Crippen LogP contribution in [0.3, 0.4) is 0 Å². The fraction of sp³-hybridized carbons (Fsp3) is 0.833. The third-order valence-electron chi connectivity index (χ3n) is 2.82. The van der Waals surface area contributed by atoms with Gasteiger partial charge in [0.1, 0.15) is 0 Å². The monoisotopic (exact) mass is 241 g/mol. The summed E-state index contributed by atoms with van der Waals surface area (Å²) in [5, 5.41) is 3.93. The predicted molar refractivity (Wildman–Crippen MR) is 65.5 cm³/mol. The van der Waals surface area contributed by atoms with E-state index in [0.717, 1.165) is 0 Å². The van der Waals surface area contributed by atoms with E-state index in [1.165, 1.54) is 0 Å². The van der Waals surface area contributed by atoms with E-state index >= 15 is 0 Å². The number of nitrogens with zero attached hydrogens (tertiary/aromatic N) is 2. The number of aromatic nitrogens is 2. The van der Waals surface area contributed by atoms with Crippen molar-refractivity contribution in [2.45, 2.75) is 52.7 Å². The first-order valence-electron chi connectivity index (χ1n) is 5.79. The van der Waals surface area contributed by atoms with Crippen LogP contribution in [0.2, 0.25) is 0 Å². The van der Waals surface area contributed by atoms with Crippen molar-refractivity contribution in [2.75, 3.05) is 7.11 Å². The molecule has 0 aliphatic rings. The molecule has 0 radical (unpaired) electrons. The number of hydrogen-bond acceptors (Lipinski definition) is 5. The summed E-state index contributed by atoms with van der Waals surface area (Å²) in [7, 11) is 1.66. The van der Waals surface area contributed by atoms with Crippen LogP contribution in [0.4, 0.5) is 0 Å². The maximum atomic E-state index is 6.07. The van der Waals surface area contributed by atoms with Crippen LogP contribution in [0.15, 0.2) is 4.52 Å². The zero-order chi connectivity index (χ0) is 13.3. The number of hydrogen-bond donors (Lipinski definition) is 1. The fourth-order valence-corrected chi connectivity index (χ4v) is 1.29. The van der Waals surface area contributed by atoms with Gasteiger partial charge in [-0.25, -0.2) is 0 Å². The molecular weight excluding hydrogens is 218 g/mol. The van der Waals surface area contributed by atoms with Crippen molar-refractivity contribution in [1.82, 2.24) is 10.1 Å². The van der Waals surface area contributed by atoms with Gasteiger partial charge in [-0.2, -0.15) is 4.98 Å². The molecule has 5 heteroatoms. The van der Waals surface area contributed by atoms with Crippen molar-refractivity contribution in [3.8, 4) is 0 Å². The van der Waals surface area contributed by atoms with Crippen molar-refractivity contribution < 1.29 is 9.26 Å². The molecule has 0 aromatic carbocycles. The van der Waals surface area contributed by atoms with Crippen molar-refractivity contribution in [3.63, 3.8) is 0 Å². The molecule has 98 valence electrons. The second kappa shape index (κ2) is 4.74. The van der Waals surface area contributed by atoms with Crippen molar-refractivity contribution >= 4 is 0 Å². The van der Waals surface area contributed by atoms with Crippen LogP contribution in [0.25, 0.3) is 0 Å². The lowest BCUT2D eigenvalue weighted by Gasteiger charge is -2.23. The molecule has 0 spiro atoms. The Kier molecular flexibility index (Phi) is 3.94. The largest absolute Gasteiger partial charge is 0.378 e. The molecule has 0 aliphatic carbocycles. The van der Waals surface area contributed by atoms with Gasteiger partial charge in [-0.3, -0.25) is 0 Å². The Bertz CT molecular complexity index is 366. The number of rotatable bonds is 4. The van der Waals surface area contributed by atoms with Crippen molar-refractivity contribution in [1.29, 1.82) is 0 Å². The van der Waals surface area contributed by atoms with Gasteiger partial charge in [0.05, 0.1) is 18.1 Å². The minimum absolute atomic E-state index is 0.0854. The fourth-order valence-electron chi connectivity index (χ4n) is 1.29. The summed E-state index contributed by atoms with van der Waals surface area (Å²) in [6, 6.07) is -0.231. The van der Waals surface area contributed by atoms with Gasteiger partial charge < -0.3 is 15.0 Å². The van der Waals surface area contributed by atoms with Crippen LogP contribution in [0, 0.1) is 5.41 Å². The highest BCUT2D eigenvalue weighted by Crippen LogP contribution is 2.28. The van der Waals surface area contributed by atoms with Crippen molar-refractivity contribution in [2.24, 2.45) is 11.1 Å². The first kappa shape index (κ1) is 14.1. The van der Waals surface area contributed by atoms with Crippen LogP contribution < -0.4 is 5.73 Å². The minimum atomic E-state index is -0.310. The molecule has 1 aromatic rings. The SMILES string of the molecule is COC(C)(C)Cc1nc(C(N)C(C)(C)C)no1. The second-order valence-corrected chi connectivity index (χ2v) is 6.03. The maximum absolute atomic E-state index is 6.07. The molecule has 2 N–H and O–H groups in total. The highest BCUT2D eigenvalue weighted by Gasteiger charge is 2.28. The molecule has 0 fully saturated rings. The normalized spacial score (nSPS) is 15.0. The van der Waals surface area contributed by atoms with Gasteiger partial charge in [-0.15, -0.1) is 0 Å². The molecule has 0 aliphatic heterocycles. The van der Waals surface area contributed by atoms with Crippen LogP contribution in [-0.4, -0.2) is 22.9 Å². The molecule has 5 nitrogen and oxygen atoms in total. The lowest BCUT2D eigenvalue weighted by molar-refractivity contribution is 0.0170. The van der Waals surface area contributed by atoms with E-state index in [2.05, 4.69) is 10.1 Å². The van der Waals surface area contributed by atoms with E-state index in [-0.39, 0.29) is 17.1 Å². The predicted octanol–water partition coefficient (Wildman–Crippen LogP) is 2.08. The Morgan fingerprint density at radius 1 is 1.29 bits per heavy atom. The lowest BCUT2D eigenvalue weighted by Crippen LogP contribution is -2.28. The topological polar surface area (TPSA) is 74.2 Å². The summed E-state index contributed by atoms with van der Waals surface area (Å²) < 4.78 is 10.5. The van der Waals surface area contributed by atoms with E-state index < -0.39 is 0 Å². The molecule has 1 heterocycles. The zero-order valence-corrected chi connectivity index (χ0v) is 11.6. The van der Waals surface area contributed by atoms with Gasteiger partial charge in [-0.05, 0) is 19.3 Å². The standard InChI is InChI=1S/C12H23N3O2/c1-11(2,3)9(13)10-14-8(17-15-10)7-12(4,5)16-6/h9H,7,13H2,1-6H3. The third kappa shape index (κ3) is 3.78. The summed E-state index contributed by atoms with van der Waals surface area (Å²) in [5.41, 5.74) is 5.67. The highest BCUT2D eigenvalue weighted by atomic mass is 16.5. The Labute approximate surface area is 103 Å². The highest BCUT2D eigenvalue weighted by molar-refractivity contribution is 4.99. The summed E-state index contributed by atoms with van der Waals surface area (Å²) >= 11 is 0. The lowest BCUT2D eigenvalue weighted by atomic mass is 9.87. The van der Waals surface area contributed by atoms with Crippen LogP contribution in [0.5, 0.6) is 0 Å². The van der Waals surface area contributed by atoms with Gasteiger partial charge in [-0.1, -0.05) is 25.9 Å². The van der Waals surface area contributed by atoms with Crippen LogP contribution in [0.1, 0.15) is 52.4 Å². The minimum Gasteiger partial charge on any atom is -0.378 e. The average molecular weight is 241 g/mol. The van der Waals surface area contributed by atoms with Crippen molar-refractivity contribution in [3.05, 3.63) is 11.7 Å². The Morgan fingerprint density at radius 2 is 1.88 bits per heavy atom. The molecule has 0 saturated carbocycles. The summed E-state index contributed by atoms with van der Waals surface area (Å²) in [6.45, 7) is 10.1. The van der Waals surface area contributed by atoms with E-state index in [4.69, 9.17) is 15.0 Å². The van der Waals surface area contributed by atoms with E-state index in [9.17, 15) is 0 Å². The smallest absolute Gasteiger partial charge is 0.229 e. The molecule has 17 heavy (non-hydrogen) atoms. The molecule has 1 atom stereocenters. The Balaban J connectivity index is 2.79. The summed E-state index contributed by atoms with van der Waals surface area (Å²) in [4.78, 5) is 4.33. The molecule has 0 bridgehead atoms. The van der Waals surface area contributed by atoms with Gasteiger partial charge in [0.25, 0.3) is 0 Å². The zero-order valence-electron chi connectivity index (χ0n) is 11.6. The molecule has 1 unspecified atom stereocenters. The van der Waals surface area contributed by atoms with Gasteiger partial charge >= 0.3 is 0 Å². The Morgan fingerprint density at radius 3 is 2.35 bits per heavy atom. The average Bonchev–Trinajstić information content (AvgIpc) is 2.63. The second-order valence-electron chi connectivity index (χ2n) is 6.03. The number of ether oxygens (including phenoxy) is 1. The summed E-state index contributed by atoms with van der Waals surface area (Å²) in [5.74, 6) is 1.12. The molecule has 1 aromatic heterocycles. The Hall–Kier alpha value is -0.940. The maximum Gasteiger partial charge on any atom is 0.229 e.